The molecule has 2 aromatic heterocycles. The van der Waals surface area contributed by atoms with E-state index in [9.17, 15) is 30.8 Å². The number of alkyl halides is 3. The molecule has 0 unspecified atom stereocenters. The van der Waals surface area contributed by atoms with Gasteiger partial charge >= 0.3 is 6.18 Å². The molecule has 1 saturated carbocycles. The molecule has 0 spiro atoms. The zero-order chi connectivity index (χ0) is 31.2. The van der Waals surface area contributed by atoms with Crippen LogP contribution < -0.4 is 0 Å². The predicted octanol–water partition coefficient (Wildman–Crippen LogP) is 6.53. The van der Waals surface area contributed by atoms with Gasteiger partial charge in [0.25, 0.3) is 0 Å². The van der Waals surface area contributed by atoms with Gasteiger partial charge in [-0.15, -0.1) is 0 Å². The molecule has 0 amide bonds. The van der Waals surface area contributed by atoms with Gasteiger partial charge in [0.2, 0.25) is 10.0 Å². The first-order chi connectivity index (χ1) is 20.3. The zero-order valence-electron chi connectivity index (χ0n) is 23.6. The highest BCUT2D eigenvalue weighted by Gasteiger charge is 2.51. The Labute approximate surface area is 247 Å². The molecule has 2 heterocycles. The van der Waals surface area contributed by atoms with Crippen molar-refractivity contribution < 1.29 is 30.8 Å². The molecule has 0 aliphatic heterocycles. The van der Waals surface area contributed by atoms with Gasteiger partial charge in [-0.05, 0) is 86.7 Å². The standard InChI is InChI=1S/C31H30F4N4O3S/c1-4-26(5-2)43(41,42)38(6-3)25-11-7-21-15-28-20(18-37-39(28)24-12-9-23(32)10-13-24)16-30(21,17-25)29(40)27-14-8-22(19-36-27)31(33,34)35/h4-5,8-10,12-15,18-19,25H,1,6-7,11,16-17H2,2-3H3/b26-5+/t25-,30-/m0/s1. The van der Waals surface area contributed by atoms with Gasteiger partial charge in [0.15, 0.2) is 5.78 Å². The molecular formula is C31H30F4N4O3S. The summed E-state index contributed by atoms with van der Waals surface area (Å²) < 4.78 is 83.5. The molecule has 3 aromatic rings. The van der Waals surface area contributed by atoms with Crippen molar-refractivity contribution in [2.75, 3.05) is 6.54 Å². The number of aromatic nitrogens is 3. The van der Waals surface area contributed by atoms with Crippen LogP contribution in [0.3, 0.4) is 0 Å². The van der Waals surface area contributed by atoms with Crippen LogP contribution in [0.4, 0.5) is 17.6 Å². The lowest BCUT2D eigenvalue weighted by Crippen LogP contribution is -2.50. The van der Waals surface area contributed by atoms with Crippen LogP contribution in [0.2, 0.25) is 0 Å². The zero-order valence-corrected chi connectivity index (χ0v) is 24.4. The maximum atomic E-state index is 14.3. The number of ketones is 1. The summed E-state index contributed by atoms with van der Waals surface area (Å²) >= 11 is 0. The molecule has 226 valence electrons. The van der Waals surface area contributed by atoms with Crippen molar-refractivity contribution in [1.29, 1.82) is 0 Å². The summed E-state index contributed by atoms with van der Waals surface area (Å²) in [6, 6.07) is 7.12. The van der Waals surface area contributed by atoms with Crippen molar-refractivity contribution in [3.8, 4) is 5.69 Å². The third kappa shape index (κ3) is 5.38. The fraction of sp³-hybridized carbons (Fsp3) is 0.323. The Kier molecular flexibility index (Phi) is 8.03. The van der Waals surface area contributed by atoms with Gasteiger partial charge < -0.3 is 0 Å². The second kappa shape index (κ2) is 11.3. The summed E-state index contributed by atoms with van der Waals surface area (Å²) in [7, 11) is -3.93. The summed E-state index contributed by atoms with van der Waals surface area (Å²) in [5.41, 5.74) is 0.342. The van der Waals surface area contributed by atoms with Crippen molar-refractivity contribution in [2.24, 2.45) is 5.41 Å². The van der Waals surface area contributed by atoms with Crippen LogP contribution in [-0.4, -0.2) is 45.9 Å². The van der Waals surface area contributed by atoms with Crippen molar-refractivity contribution in [3.63, 3.8) is 0 Å². The Bertz CT molecular complexity index is 1730. The number of benzene rings is 1. The maximum Gasteiger partial charge on any atom is 0.417 e. The Balaban J connectivity index is 1.61. The van der Waals surface area contributed by atoms with E-state index < -0.39 is 44.8 Å². The van der Waals surface area contributed by atoms with Crippen LogP contribution in [0.5, 0.6) is 0 Å². The summed E-state index contributed by atoms with van der Waals surface area (Å²) in [6.07, 6.45) is 3.23. The number of carbonyl (C=O) groups is 1. The summed E-state index contributed by atoms with van der Waals surface area (Å²) in [5, 5.41) is 4.49. The number of hydrogen-bond acceptors (Lipinski definition) is 5. The van der Waals surface area contributed by atoms with Gasteiger partial charge in [-0.25, -0.2) is 17.5 Å². The minimum atomic E-state index is -4.62. The third-order valence-corrected chi connectivity index (χ3v) is 10.4. The van der Waals surface area contributed by atoms with Gasteiger partial charge in [0, 0.05) is 18.8 Å². The molecule has 12 heteroatoms. The smallest absolute Gasteiger partial charge is 0.291 e. The number of rotatable bonds is 8. The molecule has 7 nitrogen and oxygen atoms in total. The highest BCUT2D eigenvalue weighted by atomic mass is 32.2. The van der Waals surface area contributed by atoms with Gasteiger partial charge in [-0.1, -0.05) is 25.2 Å². The van der Waals surface area contributed by atoms with Gasteiger partial charge in [0.1, 0.15) is 11.5 Å². The van der Waals surface area contributed by atoms with Crippen LogP contribution in [-0.2, 0) is 22.6 Å². The molecule has 2 aliphatic rings. The Morgan fingerprint density at radius 1 is 1.19 bits per heavy atom. The number of pyridine rings is 1. The molecule has 2 aliphatic carbocycles. The molecule has 2 atom stereocenters. The Morgan fingerprint density at radius 2 is 1.91 bits per heavy atom. The van der Waals surface area contributed by atoms with Crippen LogP contribution in [0.15, 0.2) is 78.0 Å². The second-order valence-corrected chi connectivity index (χ2v) is 12.5. The van der Waals surface area contributed by atoms with E-state index in [0.717, 1.165) is 17.7 Å². The number of hydrogen-bond donors (Lipinski definition) is 0. The second-order valence-electron chi connectivity index (χ2n) is 10.6. The lowest BCUT2D eigenvalue weighted by molar-refractivity contribution is -0.137. The quantitative estimate of drug-likeness (QED) is 0.164. The highest BCUT2D eigenvalue weighted by molar-refractivity contribution is 7.93. The average Bonchev–Trinajstić information content (AvgIpc) is 3.38. The fourth-order valence-electron chi connectivity index (χ4n) is 6.19. The van der Waals surface area contributed by atoms with Crippen molar-refractivity contribution in [1.82, 2.24) is 19.1 Å². The Hall–Kier alpha value is -3.90. The van der Waals surface area contributed by atoms with Gasteiger partial charge in [0.05, 0.1) is 33.5 Å². The van der Waals surface area contributed by atoms with Crippen molar-refractivity contribution in [2.45, 2.75) is 51.7 Å². The molecule has 0 N–H and O–H groups in total. The Morgan fingerprint density at radius 3 is 2.49 bits per heavy atom. The summed E-state index contributed by atoms with van der Waals surface area (Å²) in [5.74, 6) is -0.885. The first-order valence-electron chi connectivity index (χ1n) is 13.8. The van der Waals surface area contributed by atoms with Crippen molar-refractivity contribution >= 4 is 21.9 Å². The van der Waals surface area contributed by atoms with Gasteiger partial charge in [-0.3, -0.25) is 9.78 Å². The molecular weight excluding hydrogens is 584 g/mol. The van der Waals surface area contributed by atoms with Crippen LogP contribution in [0, 0.1) is 11.2 Å². The van der Waals surface area contributed by atoms with Gasteiger partial charge in [-0.2, -0.15) is 22.6 Å². The van der Waals surface area contributed by atoms with E-state index in [1.54, 1.807) is 36.9 Å². The minimum absolute atomic E-state index is 0.0481. The number of fused-ring (bicyclic) bond motifs is 2. The SMILES string of the molecule is C=C/C(=C\C)S(=O)(=O)N(CC)[C@H]1CCC2=Cc3c(cnn3-c3ccc(F)cc3)C[C@]2(C(=O)c2ccc(C(F)(F)F)cn2)C1. The maximum absolute atomic E-state index is 14.3. The van der Waals surface area contributed by atoms with E-state index in [0.29, 0.717) is 36.0 Å². The molecule has 0 radical (unpaired) electrons. The van der Waals surface area contributed by atoms with Crippen LogP contribution >= 0.6 is 0 Å². The molecule has 1 aromatic carbocycles. The highest BCUT2D eigenvalue weighted by Crippen LogP contribution is 2.51. The largest absolute Gasteiger partial charge is 0.417 e. The fourth-order valence-corrected chi connectivity index (χ4v) is 7.88. The average molecular weight is 615 g/mol. The number of carbonyl (C=O) groups excluding carboxylic acids is 1. The third-order valence-electron chi connectivity index (χ3n) is 8.28. The lowest BCUT2D eigenvalue weighted by atomic mass is 9.60. The number of Topliss-reactive ketones (excluding diaryl/α,β-unsaturated/α-hetero) is 1. The van der Waals surface area contributed by atoms with E-state index in [1.807, 2.05) is 6.08 Å². The van der Waals surface area contributed by atoms with Crippen LogP contribution in [0.1, 0.15) is 60.4 Å². The van der Waals surface area contributed by atoms with Crippen molar-refractivity contribution in [3.05, 3.63) is 106 Å². The molecule has 5 rings (SSSR count). The molecule has 0 bridgehead atoms. The monoisotopic (exact) mass is 614 g/mol. The van der Waals surface area contributed by atoms with Crippen LogP contribution in [0.25, 0.3) is 11.8 Å². The number of nitrogens with zero attached hydrogens (tertiary/aromatic N) is 4. The topological polar surface area (TPSA) is 85.2 Å². The summed E-state index contributed by atoms with van der Waals surface area (Å²) in [6.45, 7) is 7.10. The first kappa shape index (κ1) is 30.6. The van der Waals surface area contributed by atoms with E-state index >= 15 is 0 Å². The normalized spacial score (nSPS) is 20.8. The van der Waals surface area contributed by atoms with E-state index in [4.69, 9.17) is 0 Å². The number of sulfonamides is 1. The van der Waals surface area contributed by atoms with E-state index in [1.165, 1.54) is 28.6 Å². The first-order valence-corrected chi connectivity index (χ1v) is 15.2. The number of allylic oxidation sites excluding steroid dienone is 3. The molecule has 0 saturated heterocycles. The predicted molar refractivity (Wildman–Crippen MR) is 154 cm³/mol. The molecule has 1 fully saturated rings. The van der Waals surface area contributed by atoms with E-state index in [2.05, 4.69) is 16.7 Å². The summed E-state index contributed by atoms with van der Waals surface area (Å²) in [4.78, 5) is 18.3. The van der Waals surface area contributed by atoms with E-state index in [-0.39, 0.29) is 30.0 Å². The lowest BCUT2D eigenvalue weighted by Gasteiger charge is -2.46. The minimum Gasteiger partial charge on any atom is -0.291 e. The molecule has 43 heavy (non-hydrogen) atoms. The number of halogens is 4.